The summed E-state index contributed by atoms with van der Waals surface area (Å²) in [7, 11) is -1.69. The minimum absolute atomic E-state index is 0.0207. The Labute approximate surface area is 167 Å². The second-order valence-corrected chi connectivity index (χ2v) is 8.92. The van der Waals surface area contributed by atoms with Crippen LogP contribution in [0.1, 0.15) is 18.4 Å². The van der Waals surface area contributed by atoms with Crippen LogP contribution >= 0.6 is 0 Å². The molecule has 2 aliphatic heterocycles. The highest BCUT2D eigenvalue weighted by Crippen LogP contribution is 2.29. The third-order valence-electron chi connectivity index (χ3n) is 4.91. The summed E-state index contributed by atoms with van der Waals surface area (Å²) >= 11 is 0. The number of hydrogen-bond acceptors (Lipinski definition) is 5. The van der Waals surface area contributed by atoms with Crippen molar-refractivity contribution < 1.29 is 17.9 Å². The summed E-state index contributed by atoms with van der Waals surface area (Å²) in [4.78, 5) is 4.14. The fourth-order valence-corrected chi connectivity index (χ4v) is 4.83. The summed E-state index contributed by atoms with van der Waals surface area (Å²) in [5, 5.41) is 6.26. The quantitative estimate of drug-likeness (QED) is 0.354. The number of guanidine groups is 1. The van der Waals surface area contributed by atoms with E-state index >= 15 is 0 Å². The number of ether oxygens (including phenoxy) is 2. The van der Waals surface area contributed by atoms with Crippen LogP contribution in [0.15, 0.2) is 29.3 Å². The minimum Gasteiger partial charge on any atom is -0.379 e. The molecule has 1 atom stereocenters. The highest BCUT2D eigenvalue weighted by Gasteiger charge is 2.28. The second kappa shape index (κ2) is 10.1. The first-order valence-corrected chi connectivity index (χ1v) is 11.4. The van der Waals surface area contributed by atoms with Crippen molar-refractivity contribution in [2.24, 2.45) is 4.99 Å². The van der Waals surface area contributed by atoms with Gasteiger partial charge < -0.3 is 20.1 Å². The van der Waals surface area contributed by atoms with Crippen molar-refractivity contribution in [3.8, 4) is 0 Å². The third-order valence-corrected chi connectivity index (χ3v) is 6.68. The lowest BCUT2D eigenvalue weighted by atomic mass is 10.2. The van der Waals surface area contributed by atoms with Crippen LogP contribution in [-0.4, -0.2) is 72.7 Å². The van der Waals surface area contributed by atoms with Crippen LogP contribution in [0, 0.1) is 0 Å². The topological polar surface area (TPSA) is 92.3 Å². The van der Waals surface area contributed by atoms with Gasteiger partial charge in [-0.15, -0.1) is 0 Å². The Morgan fingerprint density at radius 1 is 1.32 bits per heavy atom. The minimum atomic E-state index is -3.36. The number of para-hydroxylation sites is 1. The molecule has 156 valence electrons. The Morgan fingerprint density at radius 3 is 2.93 bits per heavy atom. The van der Waals surface area contributed by atoms with Crippen LogP contribution in [0.3, 0.4) is 0 Å². The summed E-state index contributed by atoms with van der Waals surface area (Å²) in [6, 6.07) is 7.67. The molecule has 28 heavy (non-hydrogen) atoms. The van der Waals surface area contributed by atoms with Gasteiger partial charge in [0.2, 0.25) is 10.0 Å². The number of rotatable bonds is 9. The smallest absolute Gasteiger partial charge is 0.236 e. The van der Waals surface area contributed by atoms with Gasteiger partial charge in [0.15, 0.2) is 5.96 Å². The van der Waals surface area contributed by atoms with Crippen molar-refractivity contribution >= 4 is 21.7 Å². The molecule has 0 aromatic heterocycles. The number of nitrogens with one attached hydrogen (secondary N) is 2. The van der Waals surface area contributed by atoms with E-state index in [1.807, 2.05) is 24.3 Å². The van der Waals surface area contributed by atoms with Crippen molar-refractivity contribution in [3.05, 3.63) is 29.8 Å². The van der Waals surface area contributed by atoms with E-state index in [1.54, 1.807) is 7.05 Å². The maximum absolute atomic E-state index is 12.7. The molecule has 2 aliphatic rings. The lowest BCUT2D eigenvalue weighted by Crippen LogP contribution is -2.42. The second-order valence-electron chi connectivity index (χ2n) is 6.90. The van der Waals surface area contributed by atoms with Gasteiger partial charge in [-0.05, 0) is 30.9 Å². The first-order valence-electron chi connectivity index (χ1n) is 9.82. The van der Waals surface area contributed by atoms with E-state index in [4.69, 9.17) is 9.47 Å². The van der Waals surface area contributed by atoms with Crippen LogP contribution in [-0.2, 0) is 25.9 Å². The van der Waals surface area contributed by atoms with Gasteiger partial charge in [-0.3, -0.25) is 9.30 Å². The zero-order valence-electron chi connectivity index (χ0n) is 16.4. The predicted molar refractivity (Wildman–Crippen MR) is 110 cm³/mol. The summed E-state index contributed by atoms with van der Waals surface area (Å²) in [5.41, 5.74) is 1.89. The number of sulfonamides is 1. The number of hydrogen-bond donors (Lipinski definition) is 2. The molecule has 1 aromatic carbocycles. The first kappa shape index (κ1) is 20.9. The molecule has 0 radical (unpaired) electrons. The predicted octanol–water partition coefficient (Wildman–Crippen LogP) is 0.740. The monoisotopic (exact) mass is 410 g/mol. The van der Waals surface area contributed by atoms with Crippen molar-refractivity contribution in [2.75, 3.05) is 56.6 Å². The number of anilines is 1. The van der Waals surface area contributed by atoms with Crippen LogP contribution in [0.4, 0.5) is 5.69 Å². The number of aliphatic imine (C=N–C) groups is 1. The zero-order valence-corrected chi connectivity index (χ0v) is 17.2. The number of nitrogens with zero attached hydrogens (tertiary/aromatic N) is 2. The van der Waals surface area contributed by atoms with Crippen LogP contribution in [0.5, 0.6) is 0 Å². The van der Waals surface area contributed by atoms with Crippen LogP contribution in [0.2, 0.25) is 0 Å². The van der Waals surface area contributed by atoms with Crippen LogP contribution < -0.4 is 14.9 Å². The number of benzene rings is 1. The van der Waals surface area contributed by atoms with Gasteiger partial charge in [0.1, 0.15) is 0 Å². The molecular weight excluding hydrogens is 380 g/mol. The standard InChI is InChI=1S/C19H30N4O4S/c1-20-19(21-9-4-12-27-17-8-13-26-15-17)22-10-14-28(24,25)23-11-7-16-5-2-3-6-18(16)23/h2-3,5-6,17H,4,7-15H2,1H3,(H2,20,21,22). The molecule has 1 saturated heterocycles. The Balaban J connectivity index is 1.36. The normalized spacial score (nSPS) is 19.7. The molecule has 8 nitrogen and oxygen atoms in total. The molecule has 1 aromatic rings. The van der Waals surface area contributed by atoms with E-state index in [0.29, 0.717) is 38.8 Å². The lowest BCUT2D eigenvalue weighted by Gasteiger charge is -2.20. The molecule has 3 rings (SSSR count). The Hall–Kier alpha value is -1.84. The molecule has 0 amide bonds. The fourth-order valence-electron chi connectivity index (χ4n) is 3.40. The molecule has 1 fully saturated rings. The molecular formula is C19H30N4O4S. The molecule has 1 unspecified atom stereocenters. The third kappa shape index (κ3) is 5.59. The Morgan fingerprint density at radius 2 is 2.14 bits per heavy atom. The van der Waals surface area contributed by atoms with Crippen molar-refractivity contribution in [3.63, 3.8) is 0 Å². The average molecular weight is 411 g/mol. The largest absolute Gasteiger partial charge is 0.379 e. The van der Waals surface area contributed by atoms with E-state index in [-0.39, 0.29) is 11.9 Å². The molecule has 0 spiro atoms. The van der Waals surface area contributed by atoms with Gasteiger partial charge >= 0.3 is 0 Å². The Kier molecular flexibility index (Phi) is 7.52. The summed E-state index contributed by atoms with van der Waals surface area (Å²) in [6.45, 7) is 3.66. The lowest BCUT2D eigenvalue weighted by molar-refractivity contribution is 0.0420. The molecule has 2 heterocycles. The zero-order chi connectivity index (χ0) is 19.8. The van der Waals surface area contributed by atoms with E-state index < -0.39 is 10.0 Å². The van der Waals surface area contributed by atoms with Gasteiger partial charge in [0.25, 0.3) is 0 Å². The number of fused-ring (bicyclic) bond motifs is 1. The maximum Gasteiger partial charge on any atom is 0.236 e. The highest BCUT2D eigenvalue weighted by atomic mass is 32.2. The SMILES string of the molecule is CN=C(NCCCOC1CCOC1)NCCS(=O)(=O)N1CCc2ccccc21. The maximum atomic E-state index is 12.7. The van der Waals surface area contributed by atoms with Gasteiger partial charge in [-0.1, -0.05) is 18.2 Å². The van der Waals surface area contributed by atoms with Crippen molar-refractivity contribution in [1.82, 2.24) is 10.6 Å². The molecule has 9 heteroatoms. The van der Waals surface area contributed by atoms with Crippen molar-refractivity contribution in [2.45, 2.75) is 25.4 Å². The first-order chi connectivity index (χ1) is 13.6. The fraction of sp³-hybridized carbons (Fsp3) is 0.632. The molecule has 0 saturated carbocycles. The van der Waals surface area contributed by atoms with E-state index in [1.165, 1.54) is 4.31 Å². The summed E-state index contributed by atoms with van der Waals surface area (Å²) in [5.74, 6) is 0.619. The van der Waals surface area contributed by atoms with Gasteiger partial charge in [-0.2, -0.15) is 0 Å². The summed E-state index contributed by atoms with van der Waals surface area (Å²) < 4.78 is 37.9. The summed E-state index contributed by atoms with van der Waals surface area (Å²) in [6.07, 6.45) is 2.80. The molecule has 0 bridgehead atoms. The van der Waals surface area contributed by atoms with Crippen LogP contribution in [0.25, 0.3) is 0 Å². The van der Waals surface area contributed by atoms with Crippen molar-refractivity contribution in [1.29, 1.82) is 0 Å². The van der Waals surface area contributed by atoms with E-state index in [9.17, 15) is 8.42 Å². The van der Waals surface area contributed by atoms with E-state index in [0.717, 1.165) is 37.1 Å². The Bertz CT molecular complexity index is 763. The van der Waals surface area contributed by atoms with Gasteiger partial charge in [0.05, 0.1) is 24.2 Å². The molecule has 0 aliphatic carbocycles. The highest BCUT2D eigenvalue weighted by molar-refractivity contribution is 7.92. The van der Waals surface area contributed by atoms with E-state index in [2.05, 4.69) is 15.6 Å². The molecule has 2 N–H and O–H groups in total. The van der Waals surface area contributed by atoms with Gasteiger partial charge in [0, 0.05) is 39.9 Å². The van der Waals surface area contributed by atoms with Gasteiger partial charge in [-0.25, -0.2) is 8.42 Å². The average Bonchev–Trinajstić information content (AvgIpc) is 3.36.